The van der Waals surface area contributed by atoms with Crippen LogP contribution in [0, 0.1) is 20.8 Å². The number of anilines is 1. The summed E-state index contributed by atoms with van der Waals surface area (Å²) in [7, 11) is 0. The molecule has 0 aliphatic heterocycles. The van der Waals surface area contributed by atoms with Gasteiger partial charge in [-0.25, -0.2) is 9.97 Å². The largest absolute Gasteiger partial charge is 0.365 e. The van der Waals surface area contributed by atoms with Crippen molar-refractivity contribution in [3.63, 3.8) is 0 Å². The van der Waals surface area contributed by atoms with Gasteiger partial charge in [0.25, 0.3) is 0 Å². The highest BCUT2D eigenvalue weighted by Crippen LogP contribution is 2.20. The summed E-state index contributed by atoms with van der Waals surface area (Å²) in [6, 6.07) is 4.37. The molecule has 1 aromatic carbocycles. The van der Waals surface area contributed by atoms with Crippen LogP contribution in [0.25, 0.3) is 0 Å². The third kappa shape index (κ3) is 2.79. The molecule has 4 heteroatoms. The molecule has 2 aromatic rings. The minimum Gasteiger partial charge on any atom is -0.365 e. The van der Waals surface area contributed by atoms with Crippen molar-refractivity contribution >= 4 is 17.4 Å². The Balaban J connectivity index is 2.19. The molecular formula is C14H16ClN3. The van der Waals surface area contributed by atoms with E-state index in [4.69, 9.17) is 11.6 Å². The zero-order valence-corrected chi connectivity index (χ0v) is 11.5. The normalized spacial score (nSPS) is 10.4. The first-order chi connectivity index (χ1) is 8.58. The first-order valence-corrected chi connectivity index (χ1v) is 6.22. The van der Waals surface area contributed by atoms with E-state index in [2.05, 4.69) is 48.2 Å². The zero-order chi connectivity index (χ0) is 13.1. The number of rotatable bonds is 3. The van der Waals surface area contributed by atoms with Gasteiger partial charge in [-0.1, -0.05) is 29.3 Å². The molecule has 0 bridgehead atoms. The predicted molar refractivity (Wildman–Crippen MR) is 75.0 cm³/mol. The fourth-order valence-electron chi connectivity index (χ4n) is 2.10. The first-order valence-electron chi connectivity index (χ1n) is 5.84. The van der Waals surface area contributed by atoms with Crippen LogP contribution in [0.3, 0.4) is 0 Å². The van der Waals surface area contributed by atoms with E-state index in [0.29, 0.717) is 17.4 Å². The maximum absolute atomic E-state index is 6.01. The maximum atomic E-state index is 6.01. The molecule has 0 saturated heterocycles. The molecule has 18 heavy (non-hydrogen) atoms. The standard InChI is InChI=1S/C14H16ClN3/c1-9-4-10(2)12(11(3)5-9)6-17-14-13(15)7-16-8-18-14/h4-5,7-8H,6H2,1-3H3,(H,16,17,18). The minimum absolute atomic E-state index is 0.542. The van der Waals surface area contributed by atoms with Gasteiger partial charge in [0, 0.05) is 6.54 Å². The number of nitrogens with zero attached hydrogens (tertiary/aromatic N) is 2. The molecule has 1 N–H and O–H groups in total. The molecule has 0 amide bonds. The number of nitrogens with one attached hydrogen (secondary N) is 1. The van der Waals surface area contributed by atoms with Crippen LogP contribution in [0.4, 0.5) is 5.82 Å². The summed E-state index contributed by atoms with van der Waals surface area (Å²) in [6.07, 6.45) is 3.08. The molecule has 0 spiro atoms. The fraction of sp³-hybridized carbons (Fsp3) is 0.286. The number of hydrogen-bond donors (Lipinski definition) is 1. The number of aryl methyl sites for hydroxylation is 3. The second-order valence-corrected chi connectivity index (χ2v) is 4.86. The van der Waals surface area contributed by atoms with Crippen LogP contribution in [0.5, 0.6) is 0 Å². The average molecular weight is 262 g/mol. The summed E-state index contributed by atoms with van der Waals surface area (Å²) in [4.78, 5) is 7.98. The monoisotopic (exact) mass is 261 g/mol. The molecule has 0 aliphatic rings. The molecule has 2 rings (SSSR count). The third-order valence-corrected chi connectivity index (χ3v) is 3.22. The second kappa shape index (κ2) is 5.36. The van der Waals surface area contributed by atoms with Crippen molar-refractivity contribution in [2.24, 2.45) is 0 Å². The van der Waals surface area contributed by atoms with Gasteiger partial charge < -0.3 is 5.32 Å². The Labute approximate surface area is 112 Å². The Morgan fingerprint density at radius 2 is 1.83 bits per heavy atom. The van der Waals surface area contributed by atoms with E-state index >= 15 is 0 Å². The van der Waals surface area contributed by atoms with Gasteiger partial charge in [-0.15, -0.1) is 0 Å². The first kappa shape index (κ1) is 12.8. The molecule has 0 fully saturated rings. The van der Waals surface area contributed by atoms with E-state index in [9.17, 15) is 0 Å². The van der Waals surface area contributed by atoms with Crippen LogP contribution in [-0.2, 0) is 6.54 Å². The van der Waals surface area contributed by atoms with Gasteiger partial charge >= 0.3 is 0 Å². The topological polar surface area (TPSA) is 37.8 Å². The molecule has 0 radical (unpaired) electrons. The van der Waals surface area contributed by atoms with Crippen molar-refractivity contribution in [3.05, 3.63) is 51.9 Å². The fourth-order valence-corrected chi connectivity index (χ4v) is 2.28. The Kier molecular flexibility index (Phi) is 3.82. The smallest absolute Gasteiger partial charge is 0.148 e. The van der Waals surface area contributed by atoms with E-state index in [1.165, 1.54) is 28.6 Å². The van der Waals surface area contributed by atoms with E-state index < -0.39 is 0 Å². The van der Waals surface area contributed by atoms with Crippen LogP contribution >= 0.6 is 11.6 Å². The Bertz CT molecular complexity index is 544. The summed E-state index contributed by atoms with van der Waals surface area (Å²) in [5, 5.41) is 3.79. The average Bonchev–Trinajstić information content (AvgIpc) is 2.30. The summed E-state index contributed by atoms with van der Waals surface area (Å²) in [5.74, 6) is 0.672. The van der Waals surface area contributed by atoms with Crippen LogP contribution in [0.1, 0.15) is 22.3 Å². The summed E-state index contributed by atoms with van der Waals surface area (Å²) >= 11 is 6.01. The lowest BCUT2D eigenvalue weighted by atomic mass is 10.00. The van der Waals surface area contributed by atoms with Crippen LogP contribution in [0.2, 0.25) is 5.02 Å². The van der Waals surface area contributed by atoms with Crippen LogP contribution in [-0.4, -0.2) is 9.97 Å². The molecular weight excluding hydrogens is 246 g/mol. The molecule has 1 aromatic heterocycles. The highest BCUT2D eigenvalue weighted by Gasteiger charge is 2.05. The Morgan fingerprint density at radius 3 is 2.44 bits per heavy atom. The van der Waals surface area contributed by atoms with Crippen molar-refractivity contribution in [1.82, 2.24) is 9.97 Å². The lowest BCUT2D eigenvalue weighted by Gasteiger charge is -2.13. The van der Waals surface area contributed by atoms with Gasteiger partial charge in [-0.05, 0) is 37.5 Å². The Morgan fingerprint density at radius 1 is 1.17 bits per heavy atom. The zero-order valence-electron chi connectivity index (χ0n) is 10.8. The molecule has 0 saturated carbocycles. The molecule has 0 aliphatic carbocycles. The predicted octanol–water partition coefficient (Wildman–Crippen LogP) is 3.67. The van der Waals surface area contributed by atoms with Gasteiger partial charge in [-0.2, -0.15) is 0 Å². The number of aromatic nitrogens is 2. The second-order valence-electron chi connectivity index (χ2n) is 4.45. The van der Waals surface area contributed by atoms with E-state index in [-0.39, 0.29) is 0 Å². The van der Waals surface area contributed by atoms with Crippen molar-refractivity contribution < 1.29 is 0 Å². The SMILES string of the molecule is Cc1cc(C)c(CNc2ncncc2Cl)c(C)c1. The Hall–Kier alpha value is -1.61. The van der Waals surface area contributed by atoms with Crippen molar-refractivity contribution in [2.75, 3.05) is 5.32 Å². The summed E-state index contributed by atoms with van der Waals surface area (Å²) in [5.41, 5.74) is 5.14. The maximum Gasteiger partial charge on any atom is 0.148 e. The number of halogens is 1. The van der Waals surface area contributed by atoms with Gasteiger partial charge in [0.15, 0.2) is 0 Å². The van der Waals surface area contributed by atoms with E-state index in [1.807, 2.05) is 0 Å². The lowest BCUT2D eigenvalue weighted by molar-refractivity contribution is 1.05. The summed E-state index contributed by atoms with van der Waals surface area (Å²) < 4.78 is 0. The summed E-state index contributed by atoms with van der Waals surface area (Å²) in [6.45, 7) is 7.07. The molecule has 3 nitrogen and oxygen atoms in total. The van der Waals surface area contributed by atoms with Gasteiger partial charge in [0.05, 0.1) is 6.20 Å². The molecule has 1 heterocycles. The van der Waals surface area contributed by atoms with Gasteiger partial charge in [0.1, 0.15) is 17.2 Å². The van der Waals surface area contributed by atoms with Crippen molar-refractivity contribution in [1.29, 1.82) is 0 Å². The number of benzene rings is 1. The van der Waals surface area contributed by atoms with Crippen LogP contribution < -0.4 is 5.32 Å². The highest BCUT2D eigenvalue weighted by molar-refractivity contribution is 6.32. The molecule has 0 atom stereocenters. The third-order valence-electron chi connectivity index (χ3n) is 2.94. The van der Waals surface area contributed by atoms with Gasteiger partial charge in [-0.3, -0.25) is 0 Å². The van der Waals surface area contributed by atoms with E-state index in [1.54, 1.807) is 6.20 Å². The highest BCUT2D eigenvalue weighted by atomic mass is 35.5. The van der Waals surface area contributed by atoms with Gasteiger partial charge in [0.2, 0.25) is 0 Å². The number of hydrogen-bond acceptors (Lipinski definition) is 3. The van der Waals surface area contributed by atoms with Crippen molar-refractivity contribution in [3.8, 4) is 0 Å². The quantitative estimate of drug-likeness (QED) is 0.916. The van der Waals surface area contributed by atoms with Crippen molar-refractivity contribution in [2.45, 2.75) is 27.3 Å². The lowest BCUT2D eigenvalue weighted by Crippen LogP contribution is -2.06. The molecule has 0 unspecified atom stereocenters. The van der Waals surface area contributed by atoms with E-state index in [0.717, 1.165) is 0 Å². The van der Waals surface area contributed by atoms with Crippen LogP contribution in [0.15, 0.2) is 24.7 Å². The minimum atomic E-state index is 0.542. The molecule has 94 valence electrons.